The van der Waals surface area contributed by atoms with Gasteiger partial charge in [0.25, 0.3) is 0 Å². The SMILES string of the molecule is CN=C(NCc1ccc(OC)c(NC(C)=O)c1)N(C)Cc1ccc(C)cc1.I. The second-order valence-corrected chi connectivity index (χ2v) is 6.46. The Hall–Kier alpha value is -2.29. The van der Waals surface area contributed by atoms with Crippen LogP contribution in [-0.4, -0.2) is 38.0 Å². The summed E-state index contributed by atoms with van der Waals surface area (Å²) in [4.78, 5) is 17.8. The summed E-state index contributed by atoms with van der Waals surface area (Å²) in [5.74, 6) is 1.30. The predicted molar refractivity (Wildman–Crippen MR) is 126 cm³/mol. The first-order chi connectivity index (χ1) is 12.9. The van der Waals surface area contributed by atoms with Gasteiger partial charge in [0.15, 0.2) is 5.96 Å². The molecule has 7 heteroatoms. The van der Waals surface area contributed by atoms with Crippen molar-refractivity contribution in [2.45, 2.75) is 26.9 Å². The second-order valence-electron chi connectivity index (χ2n) is 6.46. The molecule has 0 aromatic heterocycles. The Labute approximate surface area is 184 Å². The number of guanidine groups is 1. The highest BCUT2D eigenvalue weighted by Gasteiger charge is 2.09. The Bertz CT molecular complexity index is 807. The van der Waals surface area contributed by atoms with Crippen LogP contribution >= 0.6 is 24.0 Å². The van der Waals surface area contributed by atoms with E-state index < -0.39 is 0 Å². The third kappa shape index (κ3) is 7.03. The van der Waals surface area contributed by atoms with Crippen LogP contribution in [0.3, 0.4) is 0 Å². The molecule has 0 aliphatic heterocycles. The van der Waals surface area contributed by atoms with Gasteiger partial charge < -0.3 is 20.3 Å². The van der Waals surface area contributed by atoms with Crippen molar-refractivity contribution in [1.82, 2.24) is 10.2 Å². The maximum atomic E-state index is 11.4. The number of methoxy groups -OCH3 is 1. The van der Waals surface area contributed by atoms with Gasteiger partial charge >= 0.3 is 0 Å². The van der Waals surface area contributed by atoms with E-state index in [1.807, 2.05) is 25.2 Å². The number of hydrogen-bond acceptors (Lipinski definition) is 3. The van der Waals surface area contributed by atoms with E-state index in [1.165, 1.54) is 18.1 Å². The van der Waals surface area contributed by atoms with Crippen LogP contribution in [0.2, 0.25) is 0 Å². The normalized spacial score (nSPS) is 10.7. The fraction of sp³-hybridized carbons (Fsp3) is 0.333. The summed E-state index contributed by atoms with van der Waals surface area (Å²) in [5.41, 5.74) is 4.15. The van der Waals surface area contributed by atoms with Crippen molar-refractivity contribution in [2.24, 2.45) is 4.99 Å². The summed E-state index contributed by atoms with van der Waals surface area (Å²) in [5, 5.41) is 6.15. The highest BCUT2D eigenvalue weighted by atomic mass is 127. The molecule has 0 saturated heterocycles. The number of halogens is 1. The largest absolute Gasteiger partial charge is 0.495 e. The Morgan fingerprint density at radius 3 is 2.36 bits per heavy atom. The molecule has 2 aromatic rings. The zero-order chi connectivity index (χ0) is 19.8. The van der Waals surface area contributed by atoms with Gasteiger partial charge in [0.2, 0.25) is 5.91 Å². The maximum absolute atomic E-state index is 11.4. The monoisotopic (exact) mass is 496 g/mol. The van der Waals surface area contributed by atoms with Crippen molar-refractivity contribution in [1.29, 1.82) is 0 Å². The zero-order valence-electron chi connectivity index (χ0n) is 17.1. The lowest BCUT2D eigenvalue weighted by atomic mass is 10.1. The fourth-order valence-corrected chi connectivity index (χ4v) is 2.76. The molecule has 0 radical (unpaired) electrons. The molecule has 2 N–H and O–H groups in total. The molecular weight excluding hydrogens is 467 g/mol. The van der Waals surface area contributed by atoms with E-state index in [1.54, 1.807) is 14.2 Å². The van der Waals surface area contributed by atoms with Crippen molar-refractivity contribution in [3.8, 4) is 5.75 Å². The van der Waals surface area contributed by atoms with Crippen molar-refractivity contribution in [2.75, 3.05) is 26.5 Å². The summed E-state index contributed by atoms with van der Waals surface area (Å²) < 4.78 is 5.29. The number of carbonyl (C=O) groups is 1. The smallest absolute Gasteiger partial charge is 0.221 e. The van der Waals surface area contributed by atoms with E-state index in [0.717, 1.165) is 18.1 Å². The molecule has 1 amide bonds. The number of aliphatic imine (C=N–C) groups is 1. The number of anilines is 1. The summed E-state index contributed by atoms with van der Waals surface area (Å²) in [6.45, 7) is 4.91. The van der Waals surface area contributed by atoms with Crippen LogP contribution in [0.5, 0.6) is 5.75 Å². The number of amides is 1. The minimum Gasteiger partial charge on any atom is -0.495 e. The van der Waals surface area contributed by atoms with E-state index in [-0.39, 0.29) is 29.9 Å². The van der Waals surface area contributed by atoms with E-state index in [0.29, 0.717) is 18.0 Å². The average Bonchev–Trinajstić information content (AvgIpc) is 2.64. The van der Waals surface area contributed by atoms with Gasteiger partial charge in [-0.15, -0.1) is 24.0 Å². The summed E-state index contributed by atoms with van der Waals surface area (Å²) >= 11 is 0. The molecule has 2 rings (SSSR count). The molecular formula is C21H29IN4O2. The molecule has 0 saturated carbocycles. The number of nitrogens with zero attached hydrogens (tertiary/aromatic N) is 2. The van der Waals surface area contributed by atoms with Gasteiger partial charge in [-0.25, -0.2) is 0 Å². The van der Waals surface area contributed by atoms with E-state index >= 15 is 0 Å². The number of aryl methyl sites for hydroxylation is 1. The highest BCUT2D eigenvalue weighted by Crippen LogP contribution is 2.25. The van der Waals surface area contributed by atoms with Crippen molar-refractivity contribution < 1.29 is 9.53 Å². The second kappa shape index (κ2) is 11.5. The third-order valence-electron chi connectivity index (χ3n) is 4.14. The minimum atomic E-state index is -0.132. The molecule has 152 valence electrons. The first kappa shape index (κ1) is 23.7. The molecule has 0 spiro atoms. The van der Waals surface area contributed by atoms with E-state index in [2.05, 4.69) is 51.7 Å². The molecule has 2 aromatic carbocycles. The molecule has 0 atom stereocenters. The van der Waals surface area contributed by atoms with Crippen molar-refractivity contribution in [3.63, 3.8) is 0 Å². The van der Waals surface area contributed by atoms with Gasteiger partial charge in [-0.1, -0.05) is 35.9 Å². The Balaban J connectivity index is 0.00000392. The summed E-state index contributed by atoms with van der Waals surface area (Å²) in [6.07, 6.45) is 0. The lowest BCUT2D eigenvalue weighted by molar-refractivity contribution is -0.114. The van der Waals surface area contributed by atoms with Crippen LogP contribution in [0.1, 0.15) is 23.6 Å². The molecule has 28 heavy (non-hydrogen) atoms. The van der Waals surface area contributed by atoms with Crippen LogP contribution in [0.4, 0.5) is 5.69 Å². The third-order valence-corrected chi connectivity index (χ3v) is 4.14. The zero-order valence-corrected chi connectivity index (χ0v) is 19.4. The van der Waals surface area contributed by atoms with E-state index in [4.69, 9.17) is 4.74 Å². The Morgan fingerprint density at radius 2 is 1.79 bits per heavy atom. The minimum absolute atomic E-state index is 0. The van der Waals surface area contributed by atoms with Gasteiger partial charge in [0.1, 0.15) is 5.75 Å². The maximum Gasteiger partial charge on any atom is 0.221 e. The van der Waals surface area contributed by atoms with Crippen LogP contribution in [0, 0.1) is 6.92 Å². The van der Waals surface area contributed by atoms with Crippen molar-refractivity contribution in [3.05, 3.63) is 59.2 Å². The number of carbonyl (C=O) groups excluding carboxylic acids is 1. The van der Waals surface area contributed by atoms with Crippen molar-refractivity contribution >= 4 is 41.5 Å². The molecule has 0 aliphatic rings. The lowest BCUT2D eigenvalue weighted by Gasteiger charge is -2.22. The Kier molecular flexibility index (Phi) is 9.78. The standard InChI is InChI=1S/C21H28N4O2.HI/c1-15-6-8-17(9-7-15)14-25(4)21(22-3)23-13-18-10-11-20(27-5)19(12-18)24-16(2)26;/h6-12H,13-14H2,1-5H3,(H,22,23)(H,24,26);1H. The van der Waals surface area contributed by atoms with Crippen LogP contribution in [0.25, 0.3) is 0 Å². The van der Waals surface area contributed by atoms with E-state index in [9.17, 15) is 4.79 Å². The quantitative estimate of drug-likeness (QED) is 0.363. The highest BCUT2D eigenvalue weighted by molar-refractivity contribution is 14.0. The van der Waals surface area contributed by atoms with Gasteiger partial charge in [0, 0.05) is 34.1 Å². The van der Waals surface area contributed by atoms with Gasteiger partial charge in [-0.2, -0.15) is 0 Å². The van der Waals surface area contributed by atoms with Gasteiger partial charge in [-0.05, 0) is 30.2 Å². The molecule has 6 nitrogen and oxygen atoms in total. The molecule has 0 bridgehead atoms. The van der Waals surface area contributed by atoms with Gasteiger partial charge in [0.05, 0.1) is 12.8 Å². The number of nitrogens with one attached hydrogen (secondary N) is 2. The molecule has 0 heterocycles. The summed E-state index contributed by atoms with van der Waals surface area (Å²) in [7, 11) is 5.36. The Morgan fingerprint density at radius 1 is 1.14 bits per heavy atom. The fourth-order valence-electron chi connectivity index (χ4n) is 2.76. The van der Waals surface area contributed by atoms with Crippen LogP contribution < -0.4 is 15.4 Å². The summed E-state index contributed by atoms with van der Waals surface area (Å²) in [6, 6.07) is 14.2. The van der Waals surface area contributed by atoms with Crippen LogP contribution in [-0.2, 0) is 17.9 Å². The van der Waals surface area contributed by atoms with Gasteiger partial charge in [-0.3, -0.25) is 9.79 Å². The first-order valence-electron chi connectivity index (χ1n) is 8.84. The number of ether oxygens (including phenoxy) is 1. The molecule has 0 fully saturated rings. The topological polar surface area (TPSA) is 66.0 Å². The first-order valence-corrected chi connectivity index (χ1v) is 8.84. The molecule has 0 unspecified atom stereocenters. The number of hydrogen-bond donors (Lipinski definition) is 2. The number of rotatable bonds is 6. The predicted octanol–water partition coefficient (Wildman–Crippen LogP) is 3.79. The molecule has 0 aliphatic carbocycles. The van der Waals surface area contributed by atoms with Crippen LogP contribution in [0.15, 0.2) is 47.5 Å². The average molecular weight is 496 g/mol. The lowest BCUT2D eigenvalue weighted by Crippen LogP contribution is -2.38. The number of benzene rings is 2.